The van der Waals surface area contributed by atoms with Crippen LogP contribution in [-0.2, 0) is 4.74 Å². The van der Waals surface area contributed by atoms with Gasteiger partial charge in [-0.25, -0.2) is 9.78 Å². The van der Waals surface area contributed by atoms with E-state index in [9.17, 15) is 4.79 Å². The highest BCUT2D eigenvalue weighted by Crippen LogP contribution is 2.15. The molecule has 0 saturated carbocycles. The molecule has 6 nitrogen and oxygen atoms in total. The first-order valence-electron chi connectivity index (χ1n) is 6.54. The van der Waals surface area contributed by atoms with Gasteiger partial charge in [-0.1, -0.05) is 0 Å². The number of anilines is 2. The third-order valence-corrected chi connectivity index (χ3v) is 2.68. The van der Waals surface area contributed by atoms with Crippen molar-refractivity contribution in [3.63, 3.8) is 0 Å². The zero-order valence-electron chi connectivity index (χ0n) is 11.8. The summed E-state index contributed by atoms with van der Waals surface area (Å²) in [6.45, 7) is 6.24. The largest absolute Gasteiger partial charge is 0.462 e. The summed E-state index contributed by atoms with van der Waals surface area (Å²) in [5, 5.41) is 7.37. The Kier molecular flexibility index (Phi) is 4.34. The van der Waals surface area contributed by atoms with Gasteiger partial charge in [0.15, 0.2) is 0 Å². The third kappa shape index (κ3) is 3.34. The summed E-state index contributed by atoms with van der Waals surface area (Å²) in [5.74, 6) is 0.292. The number of hydrogen-bond acceptors (Lipinski definition) is 5. The molecule has 0 aromatic carbocycles. The predicted octanol–water partition coefficient (Wildman–Crippen LogP) is 2.78. The maximum Gasteiger partial charge on any atom is 0.339 e. The highest BCUT2D eigenvalue weighted by Gasteiger charge is 2.07. The summed E-state index contributed by atoms with van der Waals surface area (Å²) in [6, 6.07) is 3.73. The molecule has 0 fully saturated rings. The van der Waals surface area contributed by atoms with E-state index in [1.807, 2.05) is 10.9 Å². The van der Waals surface area contributed by atoms with Crippen LogP contribution in [0.4, 0.5) is 11.5 Å². The molecule has 0 bridgehead atoms. The topological polar surface area (TPSA) is 69.0 Å². The van der Waals surface area contributed by atoms with Crippen molar-refractivity contribution in [1.29, 1.82) is 0 Å². The maximum atomic E-state index is 11.5. The van der Waals surface area contributed by atoms with Gasteiger partial charge in [0.2, 0.25) is 0 Å². The van der Waals surface area contributed by atoms with Gasteiger partial charge in [0.05, 0.1) is 24.1 Å². The lowest BCUT2D eigenvalue weighted by molar-refractivity contribution is 0.0526. The van der Waals surface area contributed by atoms with Crippen LogP contribution in [0.3, 0.4) is 0 Å². The SMILES string of the molecule is CCOC(=O)c1ccc(Nc2cnn(C(C)C)c2)nc1. The first-order valence-corrected chi connectivity index (χ1v) is 6.54. The van der Waals surface area contributed by atoms with Crippen LogP contribution in [0.2, 0.25) is 0 Å². The zero-order valence-corrected chi connectivity index (χ0v) is 11.8. The Morgan fingerprint density at radius 1 is 1.40 bits per heavy atom. The summed E-state index contributed by atoms with van der Waals surface area (Å²) in [5.41, 5.74) is 1.30. The van der Waals surface area contributed by atoms with E-state index < -0.39 is 0 Å². The first kappa shape index (κ1) is 14.0. The number of nitrogens with zero attached hydrogens (tertiary/aromatic N) is 3. The average molecular weight is 274 g/mol. The number of aromatic nitrogens is 3. The Labute approximate surface area is 117 Å². The minimum absolute atomic E-state index is 0.310. The average Bonchev–Trinajstić information content (AvgIpc) is 2.88. The van der Waals surface area contributed by atoms with Gasteiger partial charge in [-0.3, -0.25) is 4.68 Å². The van der Waals surface area contributed by atoms with Crippen molar-refractivity contribution in [2.45, 2.75) is 26.8 Å². The Balaban J connectivity index is 2.04. The summed E-state index contributed by atoms with van der Waals surface area (Å²) in [6.07, 6.45) is 5.14. The molecule has 2 heterocycles. The lowest BCUT2D eigenvalue weighted by atomic mass is 10.3. The summed E-state index contributed by atoms with van der Waals surface area (Å²) in [7, 11) is 0. The Bertz CT molecular complexity index is 575. The molecule has 2 aromatic rings. The highest BCUT2D eigenvalue weighted by atomic mass is 16.5. The Hall–Kier alpha value is -2.37. The van der Waals surface area contributed by atoms with E-state index in [1.54, 1.807) is 25.3 Å². The molecule has 0 spiro atoms. The maximum absolute atomic E-state index is 11.5. The van der Waals surface area contributed by atoms with Crippen LogP contribution >= 0.6 is 0 Å². The number of carbonyl (C=O) groups is 1. The second kappa shape index (κ2) is 6.18. The van der Waals surface area contributed by atoms with Gasteiger partial charge in [0, 0.05) is 18.4 Å². The number of hydrogen-bond donors (Lipinski definition) is 1. The lowest BCUT2D eigenvalue weighted by Gasteiger charge is -2.05. The highest BCUT2D eigenvalue weighted by molar-refractivity contribution is 5.89. The van der Waals surface area contributed by atoms with E-state index in [4.69, 9.17) is 4.74 Å². The number of pyridine rings is 1. The third-order valence-electron chi connectivity index (χ3n) is 2.68. The van der Waals surface area contributed by atoms with Crippen molar-refractivity contribution in [3.05, 3.63) is 36.3 Å². The van der Waals surface area contributed by atoms with Crippen molar-refractivity contribution in [1.82, 2.24) is 14.8 Å². The van der Waals surface area contributed by atoms with Crippen LogP contribution in [-0.4, -0.2) is 27.3 Å². The van der Waals surface area contributed by atoms with Crippen molar-refractivity contribution >= 4 is 17.5 Å². The molecule has 0 aliphatic heterocycles. The molecule has 2 rings (SSSR count). The van der Waals surface area contributed by atoms with Crippen LogP contribution in [0.25, 0.3) is 0 Å². The van der Waals surface area contributed by atoms with Crippen LogP contribution in [0.1, 0.15) is 37.2 Å². The molecule has 20 heavy (non-hydrogen) atoms. The molecule has 106 valence electrons. The van der Waals surface area contributed by atoms with Gasteiger partial charge in [0.1, 0.15) is 5.82 Å². The molecular formula is C14H18N4O2. The van der Waals surface area contributed by atoms with Gasteiger partial charge in [0.25, 0.3) is 0 Å². The fraction of sp³-hybridized carbons (Fsp3) is 0.357. The van der Waals surface area contributed by atoms with Gasteiger partial charge >= 0.3 is 5.97 Å². The van der Waals surface area contributed by atoms with Gasteiger partial charge in [-0.05, 0) is 32.9 Å². The van der Waals surface area contributed by atoms with E-state index >= 15 is 0 Å². The zero-order chi connectivity index (χ0) is 14.5. The number of carbonyl (C=O) groups excluding carboxylic acids is 1. The van der Waals surface area contributed by atoms with Gasteiger partial charge in [-0.15, -0.1) is 0 Å². The lowest BCUT2D eigenvalue weighted by Crippen LogP contribution is -2.05. The standard InChI is InChI=1S/C14H18N4O2/c1-4-20-14(19)11-5-6-13(15-7-11)17-12-8-16-18(9-12)10(2)3/h5-10H,4H2,1-3H3,(H,15,17). The van der Waals surface area contributed by atoms with Crippen LogP contribution in [0, 0.1) is 0 Å². The molecule has 0 radical (unpaired) electrons. The quantitative estimate of drug-likeness (QED) is 0.849. The van der Waals surface area contributed by atoms with E-state index in [-0.39, 0.29) is 5.97 Å². The molecule has 2 aromatic heterocycles. The van der Waals surface area contributed by atoms with Crippen molar-refractivity contribution < 1.29 is 9.53 Å². The van der Waals surface area contributed by atoms with E-state index in [2.05, 4.69) is 29.2 Å². The predicted molar refractivity (Wildman–Crippen MR) is 76.1 cm³/mol. The molecule has 0 saturated heterocycles. The molecule has 0 amide bonds. The molecule has 0 aliphatic carbocycles. The summed E-state index contributed by atoms with van der Waals surface area (Å²) in [4.78, 5) is 15.7. The first-order chi connectivity index (χ1) is 9.60. The van der Waals surface area contributed by atoms with Gasteiger partial charge in [-0.2, -0.15) is 5.10 Å². The number of ether oxygens (including phenoxy) is 1. The van der Waals surface area contributed by atoms with Crippen molar-refractivity contribution in [3.8, 4) is 0 Å². The normalized spacial score (nSPS) is 10.6. The molecule has 0 atom stereocenters. The molecule has 0 unspecified atom stereocenters. The summed E-state index contributed by atoms with van der Waals surface area (Å²) < 4.78 is 6.76. The minimum atomic E-state index is -0.362. The second-order valence-electron chi connectivity index (χ2n) is 4.58. The smallest absolute Gasteiger partial charge is 0.339 e. The fourth-order valence-electron chi connectivity index (χ4n) is 1.64. The fourth-order valence-corrected chi connectivity index (χ4v) is 1.64. The second-order valence-corrected chi connectivity index (χ2v) is 4.58. The van der Waals surface area contributed by atoms with E-state index in [0.29, 0.717) is 24.0 Å². The number of nitrogens with one attached hydrogen (secondary N) is 1. The van der Waals surface area contributed by atoms with Crippen molar-refractivity contribution in [2.75, 3.05) is 11.9 Å². The van der Waals surface area contributed by atoms with Crippen LogP contribution < -0.4 is 5.32 Å². The Morgan fingerprint density at radius 2 is 2.20 bits per heavy atom. The number of esters is 1. The molecule has 0 aliphatic rings. The van der Waals surface area contributed by atoms with E-state index in [0.717, 1.165) is 5.69 Å². The Morgan fingerprint density at radius 3 is 2.75 bits per heavy atom. The van der Waals surface area contributed by atoms with Crippen LogP contribution in [0.15, 0.2) is 30.7 Å². The molecule has 6 heteroatoms. The molecular weight excluding hydrogens is 256 g/mol. The summed E-state index contributed by atoms with van der Waals surface area (Å²) >= 11 is 0. The monoisotopic (exact) mass is 274 g/mol. The van der Waals surface area contributed by atoms with E-state index in [1.165, 1.54) is 6.20 Å². The van der Waals surface area contributed by atoms with Crippen molar-refractivity contribution in [2.24, 2.45) is 0 Å². The molecule has 1 N–H and O–H groups in total. The van der Waals surface area contributed by atoms with Crippen LogP contribution in [0.5, 0.6) is 0 Å². The number of rotatable bonds is 5. The van der Waals surface area contributed by atoms with Gasteiger partial charge < -0.3 is 10.1 Å². The minimum Gasteiger partial charge on any atom is -0.462 e.